The molecule has 0 saturated carbocycles. The number of benzene rings is 3. The van der Waals surface area contributed by atoms with Gasteiger partial charge in [0, 0.05) is 16.7 Å². The number of hydrogen-bond donors (Lipinski definition) is 0. The molecule has 0 atom stereocenters. The largest absolute Gasteiger partial charge is 0.472 e. The molecule has 0 fully saturated rings. The highest BCUT2D eigenvalue weighted by Gasteiger charge is 2.48. The maximum Gasteiger partial charge on any atom is 0.188 e. The Morgan fingerprint density at radius 2 is 1.05 bits per heavy atom. The van der Waals surface area contributed by atoms with E-state index >= 15 is 0 Å². The van der Waals surface area contributed by atoms with Gasteiger partial charge in [-0.1, -0.05) is 78.9 Å². The van der Waals surface area contributed by atoms with Crippen molar-refractivity contribution >= 4 is 0 Å². The Kier molecular flexibility index (Phi) is 2.40. The molecule has 0 N–H and O–H groups in total. The van der Waals surface area contributed by atoms with E-state index in [2.05, 4.69) is 60.7 Å². The topological polar surface area (TPSA) is 9.23 Å². The summed E-state index contributed by atoms with van der Waals surface area (Å²) in [6.07, 6.45) is 0. The molecular formula is C19H14O. The second-order valence-electron chi connectivity index (χ2n) is 5.01. The van der Waals surface area contributed by atoms with Gasteiger partial charge in [0.05, 0.1) is 0 Å². The first-order valence-electron chi connectivity index (χ1n) is 6.81. The minimum Gasteiger partial charge on any atom is -0.472 e. The molecule has 0 aromatic heterocycles. The smallest absolute Gasteiger partial charge is 0.188 e. The van der Waals surface area contributed by atoms with E-state index in [1.54, 1.807) is 0 Å². The van der Waals surface area contributed by atoms with Crippen LogP contribution >= 0.6 is 0 Å². The van der Waals surface area contributed by atoms with Crippen LogP contribution in [0.1, 0.15) is 16.7 Å². The SMILES string of the molecule is c1ccc(C2(c3ccccc3)Oc3ccccc32)cc1. The fourth-order valence-electron chi connectivity index (χ4n) is 2.96. The maximum atomic E-state index is 6.24. The van der Waals surface area contributed by atoms with Crippen LogP contribution < -0.4 is 4.74 Å². The third-order valence-electron chi connectivity index (χ3n) is 3.89. The van der Waals surface area contributed by atoms with Crippen LogP contribution in [-0.4, -0.2) is 0 Å². The van der Waals surface area contributed by atoms with Gasteiger partial charge < -0.3 is 4.74 Å². The summed E-state index contributed by atoms with van der Waals surface area (Å²) >= 11 is 0. The molecule has 0 saturated heterocycles. The summed E-state index contributed by atoms with van der Waals surface area (Å²) in [6, 6.07) is 29.1. The zero-order valence-corrected chi connectivity index (χ0v) is 11.0. The summed E-state index contributed by atoms with van der Waals surface area (Å²) in [5, 5.41) is 0. The zero-order valence-electron chi connectivity index (χ0n) is 11.0. The predicted octanol–water partition coefficient (Wildman–Crippen LogP) is 4.37. The van der Waals surface area contributed by atoms with Gasteiger partial charge >= 0.3 is 0 Å². The third kappa shape index (κ3) is 1.44. The van der Waals surface area contributed by atoms with Gasteiger partial charge in [0.2, 0.25) is 0 Å². The monoisotopic (exact) mass is 258 g/mol. The first kappa shape index (κ1) is 11.3. The second kappa shape index (κ2) is 4.24. The lowest BCUT2D eigenvalue weighted by molar-refractivity contribution is 0.0961. The molecule has 3 aromatic carbocycles. The van der Waals surface area contributed by atoms with Gasteiger partial charge in [0.25, 0.3) is 0 Å². The van der Waals surface area contributed by atoms with Crippen LogP contribution in [0.25, 0.3) is 0 Å². The van der Waals surface area contributed by atoms with E-state index in [4.69, 9.17) is 4.74 Å². The maximum absolute atomic E-state index is 6.24. The Labute approximate surface area is 118 Å². The summed E-state index contributed by atoms with van der Waals surface area (Å²) < 4.78 is 6.24. The molecule has 4 rings (SSSR count). The molecule has 20 heavy (non-hydrogen) atoms. The Hall–Kier alpha value is -2.54. The van der Waals surface area contributed by atoms with E-state index < -0.39 is 5.60 Å². The first-order chi connectivity index (χ1) is 9.91. The number of rotatable bonds is 2. The van der Waals surface area contributed by atoms with Crippen LogP contribution in [0.2, 0.25) is 0 Å². The van der Waals surface area contributed by atoms with Crippen molar-refractivity contribution in [1.82, 2.24) is 0 Å². The lowest BCUT2D eigenvalue weighted by atomic mass is 9.76. The van der Waals surface area contributed by atoms with Crippen molar-refractivity contribution in [3.63, 3.8) is 0 Å². The lowest BCUT2D eigenvalue weighted by Crippen LogP contribution is -2.43. The molecule has 1 heteroatoms. The molecule has 0 aliphatic carbocycles. The van der Waals surface area contributed by atoms with Gasteiger partial charge in [0.15, 0.2) is 5.60 Å². The van der Waals surface area contributed by atoms with E-state index in [1.165, 1.54) is 16.7 Å². The Bertz CT molecular complexity index is 692. The average molecular weight is 258 g/mol. The van der Waals surface area contributed by atoms with Crippen molar-refractivity contribution in [1.29, 1.82) is 0 Å². The molecule has 0 radical (unpaired) electrons. The highest BCUT2D eigenvalue weighted by Crippen LogP contribution is 2.52. The molecule has 1 nitrogen and oxygen atoms in total. The molecule has 0 unspecified atom stereocenters. The van der Waals surface area contributed by atoms with E-state index in [0.29, 0.717) is 0 Å². The molecule has 0 bridgehead atoms. The summed E-state index contributed by atoms with van der Waals surface area (Å²) in [5.41, 5.74) is 3.12. The summed E-state index contributed by atoms with van der Waals surface area (Å²) in [7, 11) is 0. The van der Waals surface area contributed by atoms with Crippen molar-refractivity contribution in [2.24, 2.45) is 0 Å². The fourth-order valence-corrected chi connectivity index (χ4v) is 2.96. The molecule has 0 spiro atoms. The molecule has 96 valence electrons. The molecule has 1 heterocycles. The third-order valence-corrected chi connectivity index (χ3v) is 3.89. The van der Waals surface area contributed by atoms with Crippen molar-refractivity contribution in [3.05, 3.63) is 102 Å². The van der Waals surface area contributed by atoms with Crippen LogP contribution in [0.4, 0.5) is 0 Å². The van der Waals surface area contributed by atoms with Crippen LogP contribution in [0, 0.1) is 0 Å². The minimum absolute atomic E-state index is 0.459. The van der Waals surface area contributed by atoms with Gasteiger partial charge in [-0.05, 0) is 6.07 Å². The van der Waals surface area contributed by atoms with Gasteiger partial charge in [-0.25, -0.2) is 0 Å². The average Bonchev–Trinajstić information content (AvgIpc) is 2.51. The second-order valence-corrected chi connectivity index (χ2v) is 5.01. The van der Waals surface area contributed by atoms with Gasteiger partial charge in [-0.3, -0.25) is 0 Å². The Balaban J connectivity index is 1.98. The minimum atomic E-state index is -0.459. The summed E-state index contributed by atoms with van der Waals surface area (Å²) in [4.78, 5) is 0. The van der Waals surface area contributed by atoms with Crippen LogP contribution in [0.3, 0.4) is 0 Å². The van der Waals surface area contributed by atoms with E-state index in [9.17, 15) is 0 Å². The number of hydrogen-bond acceptors (Lipinski definition) is 1. The summed E-state index contributed by atoms with van der Waals surface area (Å²) in [5.74, 6) is 0.972. The van der Waals surface area contributed by atoms with Crippen molar-refractivity contribution in [3.8, 4) is 5.75 Å². The molecule has 1 aliphatic rings. The first-order valence-corrected chi connectivity index (χ1v) is 6.81. The van der Waals surface area contributed by atoms with E-state index in [1.807, 2.05) is 24.3 Å². The lowest BCUT2D eigenvalue weighted by Gasteiger charge is -2.45. The quantitative estimate of drug-likeness (QED) is 0.663. The normalized spacial score (nSPS) is 14.8. The fraction of sp³-hybridized carbons (Fsp3) is 0.0526. The highest BCUT2D eigenvalue weighted by atomic mass is 16.5. The number of para-hydroxylation sites is 1. The van der Waals surface area contributed by atoms with Crippen molar-refractivity contribution in [2.45, 2.75) is 5.60 Å². The van der Waals surface area contributed by atoms with E-state index in [-0.39, 0.29) is 0 Å². The van der Waals surface area contributed by atoms with Crippen molar-refractivity contribution < 1.29 is 4.74 Å². The standard InChI is InChI=1S/C19H14O/c1-3-9-15(10-4-1)19(16-11-5-2-6-12-16)17-13-7-8-14-18(17)20-19/h1-14H. The molecular weight excluding hydrogens is 244 g/mol. The Morgan fingerprint density at radius 1 is 0.550 bits per heavy atom. The molecule has 1 aliphatic heterocycles. The van der Waals surface area contributed by atoms with Crippen LogP contribution in [0.5, 0.6) is 5.75 Å². The van der Waals surface area contributed by atoms with E-state index in [0.717, 1.165) is 5.75 Å². The van der Waals surface area contributed by atoms with Gasteiger partial charge in [-0.2, -0.15) is 0 Å². The Morgan fingerprint density at radius 3 is 1.60 bits per heavy atom. The van der Waals surface area contributed by atoms with Crippen molar-refractivity contribution in [2.75, 3.05) is 0 Å². The van der Waals surface area contributed by atoms with Crippen LogP contribution in [0.15, 0.2) is 84.9 Å². The van der Waals surface area contributed by atoms with Gasteiger partial charge in [-0.15, -0.1) is 0 Å². The molecule has 3 aromatic rings. The van der Waals surface area contributed by atoms with Crippen LogP contribution in [-0.2, 0) is 5.60 Å². The molecule has 0 amide bonds. The summed E-state index contributed by atoms with van der Waals surface area (Å²) in [6.45, 7) is 0. The predicted molar refractivity (Wildman–Crippen MR) is 79.8 cm³/mol. The number of ether oxygens (including phenoxy) is 1. The number of fused-ring (bicyclic) bond motifs is 1. The van der Waals surface area contributed by atoms with Gasteiger partial charge in [0.1, 0.15) is 5.75 Å². The highest BCUT2D eigenvalue weighted by molar-refractivity contribution is 5.59. The zero-order chi connectivity index (χ0) is 13.4.